The number of anilines is 2. The zero-order valence-corrected chi connectivity index (χ0v) is 19.0. The molecule has 0 radical (unpaired) electrons. The fourth-order valence-electron chi connectivity index (χ4n) is 2.38. The number of benzene rings is 2. The summed E-state index contributed by atoms with van der Waals surface area (Å²) >= 11 is 3.43. The SMILES string of the molecule is CCOC(=O)c1ccccc1NC(=O)C(=CC(=O)C(C)(C)C)Nc1ccccc1Br. The van der Waals surface area contributed by atoms with Gasteiger partial charge >= 0.3 is 5.97 Å². The van der Waals surface area contributed by atoms with Gasteiger partial charge in [-0.25, -0.2) is 4.79 Å². The first-order valence-corrected chi connectivity index (χ1v) is 10.3. The fourth-order valence-corrected chi connectivity index (χ4v) is 2.77. The lowest BCUT2D eigenvalue weighted by molar-refractivity contribution is -0.122. The zero-order valence-electron chi connectivity index (χ0n) is 17.4. The molecule has 2 rings (SSSR count). The summed E-state index contributed by atoms with van der Waals surface area (Å²) in [6.07, 6.45) is 1.28. The number of halogens is 1. The van der Waals surface area contributed by atoms with Gasteiger partial charge in [0.15, 0.2) is 5.78 Å². The molecule has 0 fully saturated rings. The van der Waals surface area contributed by atoms with Gasteiger partial charge in [0.05, 0.1) is 23.5 Å². The highest BCUT2D eigenvalue weighted by Crippen LogP contribution is 2.25. The van der Waals surface area contributed by atoms with E-state index in [4.69, 9.17) is 4.74 Å². The van der Waals surface area contributed by atoms with Crippen molar-refractivity contribution in [2.24, 2.45) is 5.41 Å². The minimum atomic E-state index is -0.663. The molecule has 7 heteroatoms. The van der Waals surface area contributed by atoms with Gasteiger partial charge in [0.25, 0.3) is 5.91 Å². The van der Waals surface area contributed by atoms with Crippen molar-refractivity contribution in [2.75, 3.05) is 17.2 Å². The van der Waals surface area contributed by atoms with E-state index in [1.165, 1.54) is 6.08 Å². The number of rotatable bonds is 7. The third kappa shape index (κ3) is 6.29. The maximum atomic E-state index is 13.1. The molecule has 6 nitrogen and oxygen atoms in total. The number of ether oxygens (including phenoxy) is 1. The summed E-state index contributed by atoms with van der Waals surface area (Å²) in [5, 5.41) is 5.72. The van der Waals surface area contributed by atoms with Gasteiger partial charge in [0.1, 0.15) is 5.70 Å². The van der Waals surface area contributed by atoms with Gasteiger partial charge in [0.2, 0.25) is 0 Å². The fraction of sp³-hybridized carbons (Fsp3) is 0.261. The van der Waals surface area contributed by atoms with E-state index in [-0.39, 0.29) is 23.7 Å². The normalized spacial score (nSPS) is 11.6. The van der Waals surface area contributed by atoms with Crippen molar-refractivity contribution in [3.63, 3.8) is 0 Å². The molecule has 2 aromatic rings. The van der Waals surface area contributed by atoms with Crippen molar-refractivity contribution in [2.45, 2.75) is 27.7 Å². The first kappa shape index (κ1) is 23.3. The number of hydrogen-bond donors (Lipinski definition) is 2. The summed E-state index contributed by atoms with van der Waals surface area (Å²) in [4.78, 5) is 37.8. The Balaban J connectivity index is 2.39. The number of para-hydroxylation sites is 2. The van der Waals surface area contributed by atoms with Gasteiger partial charge in [0, 0.05) is 16.0 Å². The Bertz CT molecular complexity index is 977. The summed E-state index contributed by atoms with van der Waals surface area (Å²) in [6.45, 7) is 7.25. The van der Waals surface area contributed by atoms with E-state index in [1.54, 1.807) is 58.0 Å². The van der Waals surface area contributed by atoms with Gasteiger partial charge in [-0.15, -0.1) is 0 Å². The Kier molecular flexibility index (Phi) is 7.94. The predicted molar refractivity (Wildman–Crippen MR) is 121 cm³/mol. The summed E-state index contributed by atoms with van der Waals surface area (Å²) in [6, 6.07) is 13.8. The third-order valence-corrected chi connectivity index (χ3v) is 4.76. The first-order chi connectivity index (χ1) is 14.1. The molecule has 0 aromatic heterocycles. The van der Waals surface area contributed by atoms with Crippen LogP contribution in [0.3, 0.4) is 0 Å². The lowest BCUT2D eigenvalue weighted by atomic mass is 9.90. The summed E-state index contributed by atoms with van der Waals surface area (Å²) in [5.41, 5.74) is 0.545. The molecule has 0 spiro atoms. The molecule has 2 aromatic carbocycles. The van der Waals surface area contributed by atoms with Crippen molar-refractivity contribution in [1.29, 1.82) is 0 Å². The largest absolute Gasteiger partial charge is 0.462 e. The van der Waals surface area contributed by atoms with Crippen LogP contribution in [0.15, 0.2) is 64.8 Å². The predicted octanol–water partition coefficient (Wildman–Crippen LogP) is 5.18. The molecule has 0 aliphatic heterocycles. The van der Waals surface area contributed by atoms with Crippen LogP contribution in [0.5, 0.6) is 0 Å². The van der Waals surface area contributed by atoms with E-state index < -0.39 is 17.3 Å². The van der Waals surface area contributed by atoms with Crippen LogP contribution in [0.4, 0.5) is 11.4 Å². The van der Waals surface area contributed by atoms with Gasteiger partial charge in [-0.3, -0.25) is 9.59 Å². The topological polar surface area (TPSA) is 84.5 Å². The molecule has 158 valence electrons. The number of hydrogen-bond acceptors (Lipinski definition) is 5. The molecule has 2 N–H and O–H groups in total. The summed E-state index contributed by atoms with van der Waals surface area (Å²) < 4.78 is 5.79. The van der Waals surface area contributed by atoms with Crippen molar-refractivity contribution < 1.29 is 19.1 Å². The molecular formula is C23H25BrN2O4. The maximum absolute atomic E-state index is 13.1. The highest BCUT2D eigenvalue weighted by molar-refractivity contribution is 9.10. The molecule has 0 atom stereocenters. The molecule has 0 aliphatic rings. The monoisotopic (exact) mass is 472 g/mol. The Morgan fingerprint density at radius 3 is 2.17 bits per heavy atom. The smallest absolute Gasteiger partial charge is 0.340 e. The molecule has 0 unspecified atom stereocenters. The van der Waals surface area contributed by atoms with E-state index in [0.29, 0.717) is 11.4 Å². The van der Waals surface area contributed by atoms with E-state index in [1.807, 2.05) is 18.2 Å². The van der Waals surface area contributed by atoms with Crippen LogP contribution < -0.4 is 10.6 Å². The van der Waals surface area contributed by atoms with E-state index >= 15 is 0 Å². The van der Waals surface area contributed by atoms with Gasteiger partial charge in [-0.05, 0) is 47.1 Å². The minimum Gasteiger partial charge on any atom is -0.462 e. The molecular weight excluding hydrogens is 448 g/mol. The zero-order chi connectivity index (χ0) is 22.3. The van der Waals surface area contributed by atoms with Crippen molar-refractivity contribution >= 4 is 45.0 Å². The lowest BCUT2D eigenvalue weighted by Gasteiger charge is -2.17. The number of amides is 1. The summed E-state index contributed by atoms with van der Waals surface area (Å²) in [5.74, 6) is -1.31. The second-order valence-electron chi connectivity index (χ2n) is 7.50. The second kappa shape index (κ2) is 10.2. The number of nitrogens with one attached hydrogen (secondary N) is 2. The molecule has 0 saturated carbocycles. The Morgan fingerprint density at radius 2 is 1.57 bits per heavy atom. The molecule has 0 heterocycles. The molecule has 0 saturated heterocycles. The second-order valence-corrected chi connectivity index (χ2v) is 8.35. The molecule has 1 amide bonds. The van der Waals surface area contributed by atoms with Crippen LogP contribution in [0.25, 0.3) is 0 Å². The van der Waals surface area contributed by atoms with E-state index in [9.17, 15) is 14.4 Å². The first-order valence-electron chi connectivity index (χ1n) is 9.48. The molecule has 0 bridgehead atoms. The molecule has 30 heavy (non-hydrogen) atoms. The average Bonchev–Trinajstić information content (AvgIpc) is 2.68. The van der Waals surface area contributed by atoms with Crippen LogP contribution in [-0.4, -0.2) is 24.3 Å². The van der Waals surface area contributed by atoms with Crippen molar-refractivity contribution in [3.8, 4) is 0 Å². The lowest BCUT2D eigenvalue weighted by Crippen LogP contribution is -2.25. The Hall–Kier alpha value is -2.93. The average molecular weight is 473 g/mol. The van der Waals surface area contributed by atoms with E-state index in [2.05, 4.69) is 26.6 Å². The summed E-state index contributed by atoms with van der Waals surface area (Å²) in [7, 11) is 0. The number of esters is 1. The standard InChI is InChI=1S/C23H25BrN2O4/c1-5-30-22(29)15-10-6-8-12-17(15)26-21(28)19(14-20(27)23(2,3)4)25-18-13-9-7-11-16(18)24/h6-14,25H,5H2,1-4H3,(H,26,28). The number of carbonyl (C=O) groups is 3. The highest BCUT2D eigenvalue weighted by atomic mass is 79.9. The van der Waals surface area contributed by atoms with E-state index in [0.717, 1.165) is 4.47 Å². The number of carbonyl (C=O) groups excluding carboxylic acids is 3. The maximum Gasteiger partial charge on any atom is 0.340 e. The third-order valence-electron chi connectivity index (χ3n) is 4.07. The van der Waals surface area contributed by atoms with Crippen molar-refractivity contribution in [1.82, 2.24) is 0 Å². The van der Waals surface area contributed by atoms with Crippen LogP contribution in [-0.2, 0) is 14.3 Å². The van der Waals surface area contributed by atoms with Crippen LogP contribution in [0.2, 0.25) is 0 Å². The number of ketones is 1. The van der Waals surface area contributed by atoms with Crippen molar-refractivity contribution in [3.05, 3.63) is 70.3 Å². The van der Waals surface area contributed by atoms with Gasteiger partial charge in [-0.2, -0.15) is 0 Å². The van der Waals surface area contributed by atoms with Gasteiger partial charge < -0.3 is 15.4 Å². The Labute approximate surface area is 184 Å². The van der Waals surface area contributed by atoms with Crippen LogP contribution in [0, 0.1) is 5.41 Å². The Morgan fingerprint density at radius 1 is 0.967 bits per heavy atom. The highest BCUT2D eigenvalue weighted by Gasteiger charge is 2.23. The minimum absolute atomic E-state index is 0.0560. The molecule has 0 aliphatic carbocycles. The van der Waals surface area contributed by atoms with Gasteiger partial charge in [-0.1, -0.05) is 45.0 Å². The van der Waals surface area contributed by atoms with Crippen LogP contribution >= 0.6 is 15.9 Å². The quantitative estimate of drug-likeness (QED) is 0.428. The number of allylic oxidation sites excluding steroid dienone is 1. The van der Waals surface area contributed by atoms with Crippen LogP contribution in [0.1, 0.15) is 38.1 Å².